The zero-order valence-electron chi connectivity index (χ0n) is 12.9. The molecular weight excluding hydrogens is 266 g/mol. The molecule has 1 fully saturated rings. The van der Waals surface area contributed by atoms with Crippen LogP contribution in [0.1, 0.15) is 38.5 Å². The summed E-state index contributed by atoms with van der Waals surface area (Å²) in [5.74, 6) is 0.990. The number of carbonyl (C=O) groups is 1. The van der Waals surface area contributed by atoms with Gasteiger partial charge in [-0.25, -0.2) is 4.79 Å². The summed E-state index contributed by atoms with van der Waals surface area (Å²) in [6, 6.07) is 7.39. The fourth-order valence-corrected chi connectivity index (χ4v) is 3.01. The first-order valence-electron chi connectivity index (χ1n) is 7.73. The molecule has 0 heterocycles. The molecule has 0 aliphatic heterocycles. The maximum atomic E-state index is 12.1. The molecule has 1 aliphatic rings. The van der Waals surface area contributed by atoms with Crippen LogP contribution in [0.5, 0.6) is 5.75 Å². The Hall–Kier alpha value is -1.71. The van der Waals surface area contributed by atoms with Crippen LogP contribution in [0.25, 0.3) is 0 Å². The molecule has 0 bridgehead atoms. The van der Waals surface area contributed by atoms with E-state index < -0.39 is 0 Å². The zero-order valence-corrected chi connectivity index (χ0v) is 12.9. The monoisotopic (exact) mass is 291 g/mol. The lowest BCUT2D eigenvalue weighted by atomic mass is 9.91. The van der Waals surface area contributed by atoms with Gasteiger partial charge in [-0.15, -0.1) is 0 Å². The lowest BCUT2D eigenvalue weighted by Crippen LogP contribution is -2.37. The van der Waals surface area contributed by atoms with Crippen LogP contribution in [0.3, 0.4) is 0 Å². The summed E-state index contributed by atoms with van der Waals surface area (Å²) < 4.78 is 10.2. The van der Waals surface area contributed by atoms with Crippen LogP contribution in [0.2, 0.25) is 0 Å². The van der Waals surface area contributed by atoms with E-state index >= 15 is 0 Å². The Morgan fingerprint density at radius 2 is 1.71 bits per heavy atom. The minimum absolute atomic E-state index is 0.169. The van der Waals surface area contributed by atoms with Gasteiger partial charge in [0.2, 0.25) is 0 Å². The average molecular weight is 291 g/mol. The number of ether oxygens (including phenoxy) is 2. The Morgan fingerprint density at radius 3 is 2.24 bits per heavy atom. The summed E-state index contributed by atoms with van der Waals surface area (Å²) in [6.07, 6.45) is 7.11. The number of methoxy groups -OCH3 is 2. The van der Waals surface area contributed by atoms with Crippen LogP contribution in [0.4, 0.5) is 5.69 Å². The van der Waals surface area contributed by atoms with Gasteiger partial charge in [-0.05, 0) is 43.0 Å². The third-order valence-electron chi connectivity index (χ3n) is 4.24. The molecule has 1 N–H and O–H groups in total. The van der Waals surface area contributed by atoms with E-state index in [-0.39, 0.29) is 12.0 Å². The lowest BCUT2D eigenvalue weighted by molar-refractivity contribution is -0.142. The van der Waals surface area contributed by atoms with Gasteiger partial charge in [0.15, 0.2) is 0 Å². The van der Waals surface area contributed by atoms with Crippen molar-refractivity contribution in [3.8, 4) is 5.75 Å². The zero-order chi connectivity index (χ0) is 15.1. The van der Waals surface area contributed by atoms with Crippen LogP contribution in [0, 0.1) is 5.92 Å². The van der Waals surface area contributed by atoms with Gasteiger partial charge in [0, 0.05) is 5.69 Å². The molecule has 0 radical (unpaired) electrons. The molecular formula is C17H25NO3. The van der Waals surface area contributed by atoms with Crippen LogP contribution in [-0.2, 0) is 9.53 Å². The van der Waals surface area contributed by atoms with E-state index in [0.717, 1.165) is 24.3 Å². The summed E-state index contributed by atoms with van der Waals surface area (Å²) in [7, 11) is 3.10. The first-order valence-corrected chi connectivity index (χ1v) is 7.73. The second-order valence-corrected chi connectivity index (χ2v) is 5.63. The fraction of sp³-hybridized carbons (Fsp3) is 0.588. The quantitative estimate of drug-likeness (QED) is 0.665. The SMILES string of the molecule is COC(=O)C(Nc1ccc(OC)cc1)C1CCCCCC1. The smallest absolute Gasteiger partial charge is 0.328 e. The topological polar surface area (TPSA) is 47.6 Å². The van der Waals surface area contributed by atoms with Crippen LogP contribution in [0.15, 0.2) is 24.3 Å². The molecule has 2 rings (SSSR count). The van der Waals surface area contributed by atoms with Gasteiger partial charge in [0.1, 0.15) is 11.8 Å². The van der Waals surface area contributed by atoms with E-state index in [1.807, 2.05) is 24.3 Å². The highest BCUT2D eigenvalue weighted by atomic mass is 16.5. The van der Waals surface area contributed by atoms with Gasteiger partial charge in [-0.2, -0.15) is 0 Å². The summed E-state index contributed by atoms with van der Waals surface area (Å²) in [6.45, 7) is 0. The molecule has 116 valence electrons. The molecule has 1 aromatic carbocycles. The van der Waals surface area contributed by atoms with E-state index in [4.69, 9.17) is 9.47 Å². The molecule has 4 heteroatoms. The first-order chi connectivity index (χ1) is 10.2. The van der Waals surface area contributed by atoms with Crippen molar-refractivity contribution in [1.82, 2.24) is 0 Å². The Kier molecular flexibility index (Phi) is 5.90. The fourth-order valence-electron chi connectivity index (χ4n) is 3.01. The third kappa shape index (κ3) is 4.38. The Balaban J connectivity index is 2.09. The number of rotatable bonds is 5. The van der Waals surface area contributed by atoms with Gasteiger partial charge in [0.05, 0.1) is 14.2 Å². The second kappa shape index (κ2) is 7.91. The molecule has 1 saturated carbocycles. The molecule has 1 unspecified atom stereocenters. The Labute approximate surface area is 126 Å². The van der Waals surface area contributed by atoms with Crippen molar-refractivity contribution < 1.29 is 14.3 Å². The van der Waals surface area contributed by atoms with Gasteiger partial charge in [-0.1, -0.05) is 25.7 Å². The van der Waals surface area contributed by atoms with Crippen LogP contribution in [-0.4, -0.2) is 26.2 Å². The molecule has 0 spiro atoms. The predicted molar refractivity (Wildman–Crippen MR) is 83.6 cm³/mol. The van der Waals surface area contributed by atoms with Crippen LogP contribution < -0.4 is 10.1 Å². The molecule has 1 atom stereocenters. The van der Waals surface area contributed by atoms with Crippen molar-refractivity contribution in [1.29, 1.82) is 0 Å². The average Bonchev–Trinajstić information content (AvgIpc) is 2.81. The number of nitrogens with one attached hydrogen (secondary N) is 1. The normalized spacial score (nSPS) is 17.6. The van der Waals surface area contributed by atoms with Crippen molar-refractivity contribution in [2.24, 2.45) is 5.92 Å². The Morgan fingerprint density at radius 1 is 1.10 bits per heavy atom. The highest BCUT2D eigenvalue weighted by Crippen LogP contribution is 2.28. The van der Waals surface area contributed by atoms with Crippen molar-refractivity contribution in [3.05, 3.63) is 24.3 Å². The Bertz CT molecular complexity index is 436. The summed E-state index contributed by atoms with van der Waals surface area (Å²) in [5, 5.41) is 3.35. The molecule has 0 aromatic heterocycles. The number of carbonyl (C=O) groups excluding carboxylic acids is 1. The maximum Gasteiger partial charge on any atom is 0.328 e. The standard InChI is InChI=1S/C17H25NO3/c1-20-15-11-9-14(10-12-15)18-16(17(19)21-2)13-7-5-3-4-6-8-13/h9-13,16,18H,3-8H2,1-2H3. The van der Waals surface area contributed by atoms with E-state index in [2.05, 4.69) is 5.32 Å². The van der Waals surface area contributed by atoms with Gasteiger partial charge in [-0.3, -0.25) is 0 Å². The van der Waals surface area contributed by atoms with Crippen molar-refractivity contribution in [2.75, 3.05) is 19.5 Å². The van der Waals surface area contributed by atoms with Gasteiger partial charge < -0.3 is 14.8 Å². The minimum Gasteiger partial charge on any atom is -0.497 e. The lowest BCUT2D eigenvalue weighted by Gasteiger charge is -2.26. The number of esters is 1. The van der Waals surface area contributed by atoms with Crippen molar-refractivity contribution in [3.63, 3.8) is 0 Å². The number of benzene rings is 1. The number of hydrogen-bond donors (Lipinski definition) is 1. The first kappa shape index (κ1) is 15.7. The molecule has 21 heavy (non-hydrogen) atoms. The van der Waals surface area contributed by atoms with E-state index in [0.29, 0.717) is 5.92 Å². The summed E-state index contributed by atoms with van der Waals surface area (Å²) >= 11 is 0. The van der Waals surface area contributed by atoms with Crippen LogP contribution >= 0.6 is 0 Å². The maximum absolute atomic E-state index is 12.1. The highest BCUT2D eigenvalue weighted by molar-refractivity contribution is 5.79. The highest BCUT2D eigenvalue weighted by Gasteiger charge is 2.29. The second-order valence-electron chi connectivity index (χ2n) is 5.63. The van der Waals surface area contributed by atoms with E-state index in [1.165, 1.54) is 32.8 Å². The number of anilines is 1. The van der Waals surface area contributed by atoms with E-state index in [9.17, 15) is 4.79 Å². The summed E-state index contributed by atoms with van der Waals surface area (Å²) in [4.78, 5) is 12.1. The molecule has 1 aliphatic carbocycles. The minimum atomic E-state index is -0.263. The van der Waals surface area contributed by atoms with Gasteiger partial charge in [0.25, 0.3) is 0 Å². The molecule has 4 nitrogen and oxygen atoms in total. The van der Waals surface area contributed by atoms with Crippen molar-refractivity contribution >= 4 is 11.7 Å². The van der Waals surface area contributed by atoms with Crippen molar-refractivity contribution in [2.45, 2.75) is 44.6 Å². The molecule has 0 saturated heterocycles. The van der Waals surface area contributed by atoms with Gasteiger partial charge >= 0.3 is 5.97 Å². The largest absolute Gasteiger partial charge is 0.497 e. The molecule has 0 amide bonds. The van der Waals surface area contributed by atoms with E-state index in [1.54, 1.807) is 7.11 Å². The number of hydrogen-bond acceptors (Lipinski definition) is 4. The third-order valence-corrected chi connectivity index (χ3v) is 4.24. The molecule has 1 aromatic rings. The summed E-state index contributed by atoms with van der Waals surface area (Å²) in [5.41, 5.74) is 0.926. The predicted octanol–water partition coefficient (Wildman–Crippen LogP) is 3.62.